The number of aryl methyl sites for hydroxylation is 1. The Morgan fingerprint density at radius 1 is 1.00 bits per heavy atom. The van der Waals surface area contributed by atoms with Gasteiger partial charge in [-0.15, -0.1) is 0 Å². The lowest BCUT2D eigenvalue weighted by Crippen LogP contribution is -2.38. The SMILES string of the molecule is Cc1c(-c2cc3ccc(-c4ccc(O)c(F)c4)cc3n2CC2CC2)oc2cc(C(=O)N3CC4CCC3[C@@H]4C)ccc12. The van der Waals surface area contributed by atoms with Crippen molar-refractivity contribution in [3.8, 4) is 28.3 Å². The zero-order chi connectivity index (χ0) is 28.0. The molecule has 2 aromatic heterocycles. The van der Waals surface area contributed by atoms with Crippen LogP contribution in [0.3, 0.4) is 0 Å². The van der Waals surface area contributed by atoms with Crippen molar-refractivity contribution in [2.24, 2.45) is 17.8 Å². The van der Waals surface area contributed by atoms with Gasteiger partial charge in [0.2, 0.25) is 0 Å². The maximum atomic E-state index is 14.1. The third-order valence-electron chi connectivity index (χ3n) is 10.0. The molecule has 2 aliphatic carbocycles. The van der Waals surface area contributed by atoms with Crippen LogP contribution in [0.1, 0.15) is 48.5 Å². The number of phenolic OH excluding ortho intramolecular Hbond substituents is 1. The summed E-state index contributed by atoms with van der Waals surface area (Å²) in [5.74, 6) is 1.82. The predicted octanol–water partition coefficient (Wildman–Crippen LogP) is 8.16. The standard InChI is InChI=1S/C35H33FN2O3/c1-19-26-8-11-29(19)38(18-26)35(40)25-7-10-27-20(2)34(41-33(27)16-25)31-15-24-6-5-23(22-9-12-32(39)28(36)13-22)14-30(24)37(31)17-21-3-4-21/h5-7,9-10,12-16,19,21,26,29,39H,3-4,8,11,17-18H2,1-2H3/t19-,26?,29?/m1/s1. The van der Waals surface area contributed by atoms with Crippen molar-refractivity contribution in [3.05, 3.63) is 77.6 Å². The second kappa shape index (κ2) is 8.97. The normalized spacial score (nSPS) is 21.9. The zero-order valence-electron chi connectivity index (χ0n) is 23.4. The van der Waals surface area contributed by atoms with Crippen LogP contribution < -0.4 is 0 Å². The highest BCUT2D eigenvalue weighted by atomic mass is 19.1. The third-order valence-corrected chi connectivity index (χ3v) is 10.0. The summed E-state index contributed by atoms with van der Waals surface area (Å²) in [6.45, 7) is 6.13. The van der Waals surface area contributed by atoms with Crippen LogP contribution in [-0.4, -0.2) is 33.1 Å². The Morgan fingerprint density at radius 3 is 2.54 bits per heavy atom. The van der Waals surface area contributed by atoms with Crippen molar-refractivity contribution in [1.29, 1.82) is 0 Å². The van der Waals surface area contributed by atoms with Gasteiger partial charge in [0.15, 0.2) is 17.3 Å². The van der Waals surface area contributed by atoms with Gasteiger partial charge in [-0.1, -0.05) is 31.2 Å². The molecule has 3 aromatic carbocycles. The fourth-order valence-corrected chi connectivity index (χ4v) is 7.38. The molecular weight excluding hydrogens is 515 g/mol. The lowest BCUT2D eigenvalue weighted by atomic mass is 10.0. The molecule has 3 aliphatic rings. The number of halogens is 1. The van der Waals surface area contributed by atoms with Gasteiger partial charge in [0, 0.05) is 46.5 Å². The van der Waals surface area contributed by atoms with Crippen molar-refractivity contribution in [2.45, 2.75) is 52.1 Å². The quantitative estimate of drug-likeness (QED) is 0.241. The second-order valence-electron chi connectivity index (χ2n) is 12.5. The number of piperidine rings is 1. The Hall–Kier alpha value is -4.06. The molecular formula is C35H33FN2O3. The summed E-state index contributed by atoms with van der Waals surface area (Å²) in [5.41, 5.74) is 6.22. The number of benzene rings is 3. The molecule has 2 unspecified atom stereocenters. The van der Waals surface area contributed by atoms with Gasteiger partial charge in [0.05, 0.1) is 5.69 Å². The number of hydrogen-bond donors (Lipinski definition) is 1. The molecule has 3 heterocycles. The number of phenols is 1. The highest BCUT2D eigenvalue weighted by Crippen LogP contribution is 2.44. The van der Waals surface area contributed by atoms with Crippen LogP contribution in [0, 0.1) is 30.5 Å². The first kappa shape index (κ1) is 24.7. The molecule has 1 aliphatic heterocycles. The van der Waals surface area contributed by atoms with Crippen molar-refractivity contribution < 1.29 is 18.7 Å². The molecule has 1 amide bonds. The molecule has 8 rings (SSSR count). The van der Waals surface area contributed by atoms with E-state index < -0.39 is 5.82 Å². The van der Waals surface area contributed by atoms with Gasteiger partial charge >= 0.3 is 0 Å². The van der Waals surface area contributed by atoms with Crippen molar-refractivity contribution in [1.82, 2.24) is 9.47 Å². The van der Waals surface area contributed by atoms with Gasteiger partial charge in [-0.2, -0.15) is 0 Å². The number of nitrogens with zero attached hydrogens (tertiary/aromatic N) is 2. The minimum atomic E-state index is -0.626. The molecule has 6 heteroatoms. The van der Waals surface area contributed by atoms with E-state index in [2.05, 4.69) is 41.5 Å². The maximum Gasteiger partial charge on any atom is 0.254 e. The summed E-state index contributed by atoms with van der Waals surface area (Å²) >= 11 is 0. The van der Waals surface area contributed by atoms with E-state index in [-0.39, 0.29) is 11.7 Å². The Bertz CT molecular complexity index is 1860. The molecule has 208 valence electrons. The molecule has 2 bridgehead atoms. The molecule has 3 fully saturated rings. The summed E-state index contributed by atoms with van der Waals surface area (Å²) in [6.07, 6.45) is 4.77. The molecule has 3 atom stereocenters. The summed E-state index contributed by atoms with van der Waals surface area (Å²) in [5, 5.41) is 11.8. The number of fused-ring (bicyclic) bond motifs is 4. The number of hydrogen-bond acceptors (Lipinski definition) is 3. The van der Waals surface area contributed by atoms with E-state index >= 15 is 0 Å². The van der Waals surface area contributed by atoms with E-state index in [9.17, 15) is 14.3 Å². The van der Waals surface area contributed by atoms with Gasteiger partial charge < -0.3 is 19.0 Å². The fourth-order valence-electron chi connectivity index (χ4n) is 7.38. The van der Waals surface area contributed by atoms with Crippen LogP contribution in [0.25, 0.3) is 44.5 Å². The van der Waals surface area contributed by atoms with Crippen LogP contribution in [0.2, 0.25) is 0 Å². The number of furan rings is 1. The van der Waals surface area contributed by atoms with E-state index in [4.69, 9.17) is 4.42 Å². The van der Waals surface area contributed by atoms with Gasteiger partial charge in [-0.05, 0) is 97.9 Å². The van der Waals surface area contributed by atoms with Crippen LogP contribution in [0.5, 0.6) is 5.75 Å². The Morgan fingerprint density at radius 2 is 1.80 bits per heavy atom. The van der Waals surface area contributed by atoms with Crippen LogP contribution in [0.4, 0.5) is 4.39 Å². The number of rotatable bonds is 5. The Balaban J connectivity index is 1.20. The number of carbonyl (C=O) groups is 1. The topological polar surface area (TPSA) is 58.6 Å². The lowest BCUT2D eigenvalue weighted by molar-refractivity contribution is 0.0696. The van der Waals surface area contributed by atoms with Crippen LogP contribution >= 0.6 is 0 Å². The fraction of sp³-hybridized carbons (Fsp3) is 0.343. The van der Waals surface area contributed by atoms with Crippen molar-refractivity contribution >= 4 is 27.8 Å². The highest BCUT2D eigenvalue weighted by Gasteiger charge is 2.46. The van der Waals surface area contributed by atoms with Gasteiger partial charge in [0.25, 0.3) is 5.91 Å². The van der Waals surface area contributed by atoms with Gasteiger partial charge in [-0.25, -0.2) is 4.39 Å². The number of aromatic hydroxyl groups is 1. The molecule has 1 N–H and O–H groups in total. The second-order valence-corrected chi connectivity index (χ2v) is 12.5. The third kappa shape index (κ3) is 3.91. The maximum absolute atomic E-state index is 14.1. The highest BCUT2D eigenvalue weighted by molar-refractivity contribution is 6.00. The number of aromatic nitrogens is 1. The number of likely N-dealkylation sites (tertiary alicyclic amines) is 1. The first-order valence-corrected chi connectivity index (χ1v) is 14.8. The largest absolute Gasteiger partial charge is 0.505 e. The van der Waals surface area contributed by atoms with Crippen LogP contribution in [-0.2, 0) is 6.54 Å². The number of amides is 1. The molecule has 41 heavy (non-hydrogen) atoms. The van der Waals surface area contributed by atoms with E-state index in [0.29, 0.717) is 29.4 Å². The average molecular weight is 549 g/mol. The van der Waals surface area contributed by atoms with E-state index in [0.717, 1.165) is 69.5 Å². The van der Waals surface area contributed by atoms with Gasteiger partial charge in [-0.3, -0.25) is 4.79 Å². The van der Waals surface area contributed by atoms with Crippen LogP contribution in [0.15, 0.2) is 65.1 Å². The molecule has 1 saturated heterocycles. The van der Waals surface area contributed by atoms with Gasteiger partial charge in [0.1, 0.15) is 5.58 Å². The summed E-state index contributed by atoms with van der Waals surface area (Å²) in [6, 6.07) is 19.1. The molecule has 5 aromatic rings. The summed E-state index contributed by atoms with van der Waals surface area (Å²) in [7, 11) is 0. The van der Waals surface area contributed by atoms with E-state index in [1.807, 2.05) is 24.3 Å². The molecule has 0 spiro atoms. The Labute approximate surface area is 238 Å². The Kier molecular flexibility index (Phi) is 5.41. The predicted molar refractivity (Wildman–Crippen MR) is 158 cm³/mol. The zero-order valence-corrected chi connectivity index (χ0v) is 23.4. The van der Waals surface area contributed by atoms with E-state index in [1.165, 1.54) is 31.4 Å². The minimum absolute atomic E-state index is 0.114. The first-order valence-electron chi connectivity index (χ1n) is 14.8. The average Bonchev–Trinajstić information content (AvgIpc) is 3.39. The van der Waals surface area contributed by atoms with E-state index in [1.54, 1.807) is 6.07 Å². The lowest BCUT2D eigenvalue weighted by Gasteiger charge is -2.27. The van der Waals surface area contributed by atoms with Crippen molar-refractivity contribution in [2.75, 3.05) is 6.54 Å². The minimum Gasteiger partial charge on any atom is -0.505 e. The molecule has 5 nitrogen and oxygen atoms in total. The number of carbonyl (C=O) groups excluding carboxylic acids is 1. The van der Waals surface area contributed by atoms with Crippen molar-refractivity contribution in [3.63, 3.8) is 0 Å². The monoisotopic (exact) mass is 548 g/mol. The first-order chi connectivity index (χ1) is 19.9. The summed E-state index contributed by atoms with van der Waals surface area (Å²) in [4.78, 5) is 15.6. The molecule has 0 radical (unpaired) electrons. The molecule has 2 saturated carbocycles. The summed E-state index contributed by atoms with van der Waals surface area (Å²) < 4.78 is 23.0. The smallest absolute Gasteiger partial charge is 0.254 e.